The summed E-state index contributed by atoms with van der Waals surface area (Å²) < 4.78 is 0. The summed E-state index contributed by atoms with van der Waals surface area (Å²) in [5, 5.41) is 8.13. The van der Waals surface area contributed by atoms with Crippen LogP contribution in [-0.2, 0) is 28.1 Å². The van der Waals surface area contributed by atoms with E-state index in [1.807, 2.05) is 6.07 Å². The Bertz CT molecular complexity index is 323. The van der Waals surface area contributed by atoms with Crippen molar-refractivity contribution in [3.05, 3.63) is 18.5 Å². The van der Waals surface area contributed by atoms with Gasteiger partial charge in [0.25, 0.3) is 0 Å². The standard InChI is InChI=1S/C6H6N4.Pt/c1-10-8-5-2-3-7-4-6(5)9-10;/h2-4H,1H3;. The zero-order valence-corrected chi connectivity index (χ0v) is 8.11. The third-order valence-electron chi connectivity index (χ3n) is 1.28. The molecule has 0 spiro atoms. The first-order valence-corrected chi connectivity index (χ1v) is 2.97. The van der Waals surface area contributed by atoms with Gasteiger partial charge >= 0.3 is 0 Å². The summed E-state index contributed by atoms with van der Waals surface area (Å²) in [5.74, 6) is 0. The summed E-state index contributed by atoms with van der Waals surface area (Å²) >= 11 is 0. The number of pyridine rings is 1. The van der Waals surface area contributed by atoms with Crippen molar-refractivity contribution in [3.63, 3.8) is 0 Å². The number of aryl methyl sites for hydroxylation is 1. The van der Waals surface area contributed by atoms with Crippen LogP contribution in [0.25, 0.3) is 11.0 Å². The number of hydrogen-bond donors (Lipinski definition) is 0. The number of rotatable bonds is 0. The topological polar surface area (TPSA) is 43.6 Å². The second-order valence-electron chi connectivity index (χ2n) is 2.05. The molecule has 2 aromatic rings. The van der Waals surface area contributed by atoms with E-state index in [1.165, 1.54) is 4.80 Å². The molecule has 0 amide bonds. The summed E-state index contributed by atoms with van der Waals surface area (Å²) in [6.07, 6.45) is 3.40. The first-order chi connectivity index (χ1) is 4.86. The van der Waals surface area contributed by atoms with Crippen LogP contribution in [0.3, 0.4) is 0 Å². The van der Waals surface area contributed by atoms with Gasteiger partial charge in [0.15, 0.2) is 0 Å². The first-order valence-electron chi connectivity index (χ1n) is 2.97. The van der Waals surface area contributed by atoms with Crippen LogP contribution in [0.15, 0.2) is 18.5 Å². The minimum atomic E-state index is 0. The molecule has 0 bridgehead atoms. The molecule has 0 N–H and O–H groups in total. The van der Waals surface area contributed by atoms with Crippen molar-refractivity contribution in [2.24, 2.45) is 7.05 Å². The summed E-state index contributed by atoms with van der Waals surface area (Å²) in [7, 11) is 1.79. The van der Waals surface area contributed by atoms with Crippen molar-refractivity contribution in [1.82, 2.24) is 20.0 Å². The molecule has 11 heavy (non-hydrogen) atoms. The zero-order chi connectivity index (χ0) is 6.97. The number of fused-ring (bicyclic) bond motifs is 1. The molecule has 0 atom stereocenters. The summed E-state index contributed by atoms with van der Waals surface area (Å²) in [4.78, 5) is 5.44. The maximum Gasteiger partial charge on any atom is 0.131 e. The molecule has 0 aliphatic carbocycles. The normalized spacial score (nSPS) is 9.55. The summed E-state index contributed by atoms with van der Waals surface area (Å²) in [6.45, 7) is 0. The van der Waals surface area contributed by atoms with Crippen LogP contribution in [0.5, 0.6) is 0 Å². The summed E-state index contributed by atoms with van der Waals surface area (Å²) in [6, 6.07) is 1.84. The Morgan fingerprint density at radius 3 is 2.73 bits per heavy atom. The minimum absolute atomic E-state index is 0. The van der Waals surface area contributed by atoms with Gasteiger partial charge in [0, 0.05) is 34.3 Å². The van der Waals surface area contributed by atoms with Crippen LogP contribution in [0.4, 0.5) is 0 Å². The SMILES string of the molecule is Cn1nc2ccncc2n1.[Pt]. The van der Waals surface area contributed by atoms with Crippen LogP contribution in [0.2, 0.25) is 0 Å². The smallest absolute Gasteiger partial charge is 0.131 e. The van der Waals surface area contributed by atoms with Crippen molar-refractivity contribution in [2.45, 2.75) is 0 Å². The quantitative estimate of drug-likeness (QED) is 0.701. The van der Waals surface area contributed by atoms with E-state index >= 15 is 0 Å². The molecule has 0 fully saturated rings. The molecule has 0 aromatic carbocycles. The van der Waals surface area contributed by atoms with Gasteiger partial charge in [0.1, 0.15) is 11.0 Å². The largest absolute Gasteiger partial charge is 0.262 e. The molecule has 0 unspecified atom stereocenters. The fourth-order valence-electron chi connectivity index (χ4n) is 0.875. The Kier molecular flexibility index (Phi) is 2.34. The molecule has 60 valence electrons. The van der Waals surface area contributed by atoms with Crippen molar-refractivity contribution >= 4 is 11.0 Å². The molecular weight excluding hydrogens is 323 g/mol. The third kappa shape index (κ3) is 1.46. The van der Waals surface area contributed by atoms with Crippen LogP contribution in [0, 0.1) is 0 Å². The van der Waals surface area contributed by atoms with Gasteiger partial charge in [-0.1, -0.05) is 0 Å². The van der Waals surface area contributed by atoms with Crippen molar-refractivity contribution < 1.29 is 21.1 Å². The van der Waals surface area contributed by atoms with Gasteiger partial charge in [0.2, 0.25) is 0 Å². The van der Waals surface area contributed by atoms with Crippen molar-refractivity contribution in [2.75, 3.05) is 0 Å². The Labute approximate surface area is 77.9 Å². The Balaban J connectivity index is 0.000000605. The molecule has 2 heterocycles. The van der Waals surface area contributed by atoms with E-state index < -0.39 is 0 Å². The van der Waals surface area contributed by atoms with Gasteiger partial charge in [-0.25, -0.2) is 0 Å². The minimum Gasteiger partial charge on any atom is -0.262 e. The van der Waals surface area contributed by atoms with E-state index in [-0.39, 0.29) is 21.1 Å². The number of hydrogen-bond acceptors (Lipinski definition) is 3. The van der Waals surface area contributed by atoms with E-state index in [0.29, 0.717) is 0 Å². The molecular formula is C6H6N4Pt. The molecule has 0 aliphatic rings. The molecule has 5 heteroatoms. The van der Waals surface area contributed by atoms with Gasteiger partial charge in [-0.15, -0.1) is 0 Å². The van der Waals surface area contributed by atoms with Crippen molar-refractivity contribution in [1.29, 1.82) is 0 Å². The predicted molar refractivity (Wildman–Crippen MR) is 36.3 cm³/mol. The Morgan fingerprint density at radius 2 is 2.00 bits per heavy atom. The molecule has 2 rings (SSSR count). The van der Waals surface area contributed by atoms with Gasteiger partial charge < -0.3 is 0 Å². The van der Waals surface area contributed by atoms with Crippen LogP contribution < -0.4 is 0 Å². The molecule has 0 radical (unpaired) electrons. The van der Waals surface area contributed by atoms with E-state index in [4.69, 9.17) is 0 Å². The third-order valence-corrected chi connectivity index (χ3v) is 1.28. The number of aromatic nitrogens is 4. The van der Waals surface area contributed by atoms with Gasteiger partial charge in [0.05, 0.1) is 6.20 Å². The zero-order valence-electron chi connectivity index (χ0n) is 5.84. The Hall–Kier alpha value is -0.762. The van der Waals surface area contributed by atoms with E-state index in [2.05, 4.69) is 15.2 Å². The summed E-state index contributed by atoms with van der Waals surface area (Å²) in [5.41, 5.74) is 1.72. The molecule has 4 nitrogen and oxygen atoms in total. The molecule has 0 aliphatic heterocycles. The fraction of sp³-hybridized carbons (Fsp3) is 0.167. The maximum atomic E-state index is 4.08. The fourth-order valence-corrected chi connectivity index (χ4v) is 0.875. The molecule has 0 saturated carbocycles. The van der Waals surface area contributed by atoms with Gasteiger partial charge in [-0.3, -0.25) is 4.98 Å². The first kappa shape index (κ1) is 8.34. The molecule has 2 aromatic heterocycles. The second-order valence-corrected chi connectivity index (χ2v) is 2.05. The van der Waals surface area contributed by atoms with E-state index in [1.54, 1.807) is 19.4 Å². The van der Waals surface area contributed by atoms with Crippen LogP contribution in [0.1, 0.15) is 0 Å². The number of nitrogens with zero attached hydrogens (tertiary/aromatic N) is 4. The maximum absolute atomic E-state index is 4.08. The van der Waals surface area contributed by atoms with Crippen LogP contribution >= 0.6 is 0 Å². The van der Waals surface area contributed by atoms with E-state index in [9.17, 15) is 0 Å². The van der Waals surface area contributed by atoms with Gasteiger partial charge in [-0.2, -0.15) is 15.0 Å². The monoisotopic (exact) mass is 329 g/mol. The second kappa shape index (κ2) is 3.09. The average molecular weight is 329 g/mol. The van der Waals surface area contributed by atoms with Gasteiger partial charge in [-0.05, 0) is 6.07 Å². The van der Waals surface area contributed by atoms with Crippen LogP contribution in [-0.4, -0.2) is 20.0 Å². The van der Waals surface area contributed by atoms with Crippen molar-refractivity contribution in [3.8, 4) is 0 Å². The Morgan fingerprint density at radius 1 is 1.27 bits per heavy atom. The van der Waals surface area contributed by atoms with E-state index in [0.717, 1.165) is 11.0 Å². The predicted octanol–water partition coefficient (Wildman–Crippen LogP) is 0.361. The average Bonchev–Trinajstić information content (AvgIpc) is 2.27. The molecule has 0 saturated heterocycles.